The summed E-state index contributed by atoms with van der Waals surface area (Å²) in [6.07, 6.45) is 0.702. The highest BCUT2D eigenvalue weighted by Crippen LogP contribution is 2.33. The number of halogens is 2. The molecule has 2 N–H and O–H groups in total. The maximum absolute atomic E-state index is 6.15. The second kappa shape index (κ2) is 6.48. The van der Waals surface area contributed by atoms with Gasteiger partial charge in [0.1, 0.15) is 5.75 Å². The second-order valence-electron chi connectivity index (χ2n) is 4.76. The van der Waals surface area contributed by atoms with Crippen LogP contribution >= 0.6 is 23.2 Å². The van der Waals surface area contributed by atoms with Crippen molar-refractivity contribution in [1.82, 2.24) is 0 Å². The van der Waals surface area contributed by atoms with Crippen LogP contribution in [-0.4, -0.2) is 12.6 Å². The highest BCUT2D eigenvalue weighted by molar-refractivity contribution is 6.35. The Labute approximate surface area is 113 Å². The Balaban J connectivity index is 2.98. The summed E-state index contributed by atoms with van der Waals surface area (Å²) in [5, 5.41) is 1.16. The van der Waals surface area contributed by atoms with Crippen molar-refractivity contribution in [2.45, 2.75) is 33.2 Å². The minimum absolute atomic E-state index is 0.0472. The summed E-state index contributed by atoms with van der Waals surface area (Å²) in [6, 6.07) is 3.61. The van der Waals surface area contributed by atoms with Gasteiger partial charge >= 0.3 is 0 Å². The molecule has 96 valence electrons. The lowest BCUT2D eigenvalue weighted by Crippen LogP contribution is -2.18. The molecule has 1 atom stereocenters. The molecule has 0 heterocycles. The molecule has 0 amide bonds. The Morgan fingerprint density at radius 2 is 1.88 bits per heavy atom. The van der Waals surface area contributed by atoms with Crippen molar-refractivity contribution in [2.75, 3.05) is 6.61 Å². The fourth-order valence-corrected chi connectivity index (χ4v) is 2.11. The Morgan fingerprint density at radius 1 is 1.24 bits per heavy atom. The average Bonchev–Trinajstić information content (AvgIpc) is 2.14. The molecule has 0 spiro atoms. The molecule has 1 aromatic carbocycles. The fourth-order valence-electron chi connectivity index (χ4n) is 1.52. The molecule has 17 heavy (non-hydrogen) atoms. The molecule has 4 heteroatoms. The first-order chi connectivity index (χ1) is 7.90. The van der Waals surface area contributed by atoms with E-state index in [9.17, 15) is 0 Å². The van der Waals surface area contributed by atoms with Crippen LogP contribution in [0.5, 0.6) is 5.75 Å². The zero-order valence-electron chi connectivity index (χ0n) is 10.5. The van der Waals surface area contributed by atoms with Crippen LogP contribution in [0.4, 0.5) is 0 Å². The van der Waals surface area contributed by atoms with Crippen LogP contribution in [0.2, 0.25) is 10.0 Å². The third kappa shape index (κ3) is 4.74. The van der Waals surface area contributed by atoms with Crippen LogP contribution < -0.4 is 10.5 Å². The van der Waals surface area contributed by atoms with E-state index < -0.39 is 0 Å². The maximum atomic E-state index is 6.15. The van der Waals surface area contributed by atoms with Crippen molar-refractivity contribution in [3.63, 3.8) is 0 Å². The number of benzene rings is 1. The van der Waals surface area contributed by atoms with Gasteiger partial charge in [-0.2, -0.15) is 0 Å². The lowest BCUT2D eigenvalue weighted by Gasteiger charge is -2.16. The Morgan fingerprint density at radius 3 is 2.41 bits per heavy atom. The van der Waals surface area contributed by atoms with E-state index in [1.54, 1.807) is 6.07 Å². The van der Waals surface area contributed by atoms with Gasteiger partial charge in [-0.3, -0.25) is 0 Å². The van der Waals surface area contributed by atoms with E-state index in [4.69, 9.17) is 33.7 Å². The molecule has 0 bridgehead atoms. The third-order valence-corrected chi connectivity index (χ3v) is 2.69. The van der Waals surface area contributed by atoms with Gasteiger partial charge in [-0.05, 0) is 37.0 Å². The molecule has 0 aliphatic rings. The van der Waals surface area contributed by atoms with Crippen LogP contribution in [0.15, 0.2) is 12.1 Å². The molecule has 0 radical (unpaired) electrons. The van der Waals surface area contributed by atoms with Crippen molar-refractivity contribution in [3.05, 3.63) is 27.7 Å². The van der Waals surface area contributed by atoms with Crippen LogP contribution in [-0.2, 0) is 6.42 Å². The first-order valence-electron chi connectivity index (χ1n) is 5.76. The number of ether oxygens (including phenoxy) is 1. The Kier molecular flexibility index (Phi) is 5.57. The predicted molar refractivity (Wildman–Crippen MR) is 74.1 cm³/mol. The average molecular weight is 276 g/mol. The summed E-state index contributed by atoms with van der Waals surface area (Å²) < 4.78 is 5.74. The summed E-state index contributed by atoms with van der Waals surface area (Å²) in [7, 11) is 0. The molecule has 0 aliphatic heterocycles. The Bertz CT molecular complexity index is 378. The second-order valence-corrected chi connectivity index (χ2v) is 5.61. The highest BCUT2D eigenvalue weighted by Gasteiger charge is 2.12. The smallest absolute Gasteiger partial charge is 0.141 e. The molecular formula is C13H19Cl2NO. The topological polar surface area (TPSA) is 35.2 Å². The van der Waals surface area contributed by atoms with Crippen molar-refractivity contribution < 1.29 is 4.74 Å². The molecule has 1 aromatic rings. The van der Waals surface area contributed by atoms with Crippen LogP contribution in [0.1, 0.15) is 26.3 Å². The summed E-state index contributed by atoms with van der Waals surface area (Å²) >= 11 is 12.1. The lowest BCUT2D eigenvalue weighted by molar-refractivity contribution is 0.268. The summed E-state index contributed by atoms with van der Waals surface area (Å²) in [5.74, 6) is 1.16. The van der Waals surface area contributed by atoms with Crippen LogP contribution in [0.25, 0.3) is 0 Å². The van der Waals surface area contributed by atoms with Gasteiger partial charge in [0.25, 0.3) is 0 Å². The molecule has 1 unspecified atom stereocenters. The number of nitrogens with two attached hydrogens (primary N) is 1. The van der Waals surface area contributed by atoms with Gasteiger partial charge in [-0.25, -0.2) is 0 Å². The minimum Gasteiger partial charge on any atom is -0.491 e. The van der Waals surface area contributed by atoms with E-state index in [2.05, 4.69) is 13.8 Å². The monoisotopic (exact) mass is 275 g/mol. The molecular weight excluding hydrogens is 257 g/mol. The quantitative estimate of drug-likeness (QED) is 0.884. The van der Waals surface area contributed by atoms with E-state index in [1.165, 1.54) is 0 Å². The SMILES string of the molecule is CC(C)COc1c(Cl)cc(Cl)cc1CC(C)N. The highest BCUT2D eigenvalue weighted by atomic mass is 35.5. The van der Waals surface area contributed by atoms with Crippen molar-refractivity contribution >= 4 is 23.2 Å². The van der Waals surface area contributed by atoms with Crippen molar-refractivity contribution in [3.8, 4) is 5.75 Å². The van der Waals surface area contributed by atoms with Gasteiger partial charge in [0, 0.05) is 11.1 Å². The van der Waals surface area contributed by atoms with E-state index in [0.717, 1.165) is 5.56 Å². The fraction of sp³-hybridized carbons (Fsp3) is 0.538. The zero-order valence-corrected chi connectivity index (χ0v) is 12.0. The summed E-state index contributed by atoms with van der Waals surface area (Å²) in [4.78, 5) is 0. The molecule has 1 rings (SSSR count). The zero-order chi connectivity index (χ0) is 13.0. The van der Waals surface area contributed by atoms with Crippen LogP contribution in [0, 0.1) is 5.92 Å². The maximum Gasteiger partial charge on any atom is 0.141 e. The largest absolute Gasteiger partial charge is 0.491 e. The third-order valence-electron chi connectivity index (χ3n) is 2.19. The van der Waals surface area contributed by atoms with Gasteiger partial charge in [0.05, 0.1) is 11.6 Å². The standard InChI is InChI=1S/C13H19Cl2NO/c1-8(2)7-17-13-10(4-9(3)16)5-11(14)6-12(13)15/h5-6,8-9H,4,7,16H2,1-3H3. The molecule has 0 saturated carbocycles. The van der Waals surface area contributed by atoms with Gasteiger partial charge in [0.2, 0.25) is 0 Å². The first kappa shape index (κ1) is 14.6. The van der Waals surface area contributed by atoms with Crippen molar-refractivity contribution in [1.29, 1.82) is 0 Å². The molecule has 2 nitrogen and oxygen atoms in total. The van der Waals surface area contributed by atoms with Crippen molar-refractivity contribution in [2.24, 2.45) is 11.7 Å². The van der Waals surface area contributed by atoms with Gasteiger partial charge in [-0.15, -0.1) is 0 Å². The predicted octanol–water partition coefficient (Wildman–Crippen LogP) is 3.92. The molecule has 0 aliphatic carbocycles. The summed E-state index contributed by atoms with van der Waals surface area (Å²) in [5.41, 5.74) is 6.78. The van der Waals surface area contributed by atoms with Crippen LogP contribution in [0.3, 0.4) is 0 Å². The molecule has 0 saturated heterocycles. The van der Waals surface area contributed by atoms with E-state index in [1.807, 2.05) is 13.0 Å². The van der Waals surface area contributed by atoms with E-state index in [0.29, 0.717) is 34.7 Å². The lowest BCUT2D eigenvalue weighted by atomic mass is 10.1. The van der Waals surface area contributed by atoms with Gasteiger partial charge in [-0.1, -0.05) is 37.0 Å². The number of hydrogen-bond acceptors (Lipinski definition) is 2. The molecule has 0 aromatic heterocycles. The van der Waals surface area contributed by atoms with E-state index >= 15 is 0 Å². The first-order valence-corrected chi connectivity index (χ1v) is 6.52. The number of rotatable bonds is 5. The van der Waals surface area contributed by atoms with Gasteiger partial charge in [0.15, 0.2) is 0 Å². The summed E-state index contributed by atoms with van der Waals surface area (Å²) in [6.45, 7) is 6.76. The normalized spacial score (nSPS) is 12.9. The Hall–Kier alpha value is -0.440. The minimum atomic E-state index is 0.0472. The molecule has 0 fully saturated rings. The number of hydrogen-bond donors (Lipinski definition) is 1. The van der Waals surface area contributed by atoms with E-state index in [-0.39, 0.29) is 6.04 Å². The van der Waals surface area contributed by atoms with Gasteiger partial charge < -0.3 is 10.5 Å².